The van der Waals surface area contributed by atoms with Gasteiger partial charge in [0.25, 0.3) is 5.91 Å². The molecule has 1 aliphatic heterocycles. The van der Waals surface area contributed by atoms with Gasteiger partial charge in [0.05, 0.1) is 18.0 Å². The molecule has 1 fully saturated rings. The fraction of sp³-hybridized carbons (Fsp3) is 0.364. The summed E-state index contributed by atoms with van der Waals surface area (Å²) in [5.41, 5.74) is 7.47. The molecule has 0 unspecified atom stereocenters. The van der Waals surface area contributed by atoms with E-state index in [9.17, 15) is 14.4 Å². The molecule has 0 radical (unpaired) electrons. The summed E-state index contributed by atoms with van der Waals surface area (Å²) in [7, 11) is 0. The van der Waals surface area contributed by atoms with Gasteiger partial charge in [-0.3, -0.25) is 14.2 Å². The molecular formula is C22H24N4O4S. The minimum Gasteiger partial charge on any atom is -0.370 e. The quantitative estimate of drug-likeness (QED) is 0.654. The lowest BCUT2D eigenvalue weighted by atomic mass is 10.0. The van der Waals surface area contributed by atoms with E-state index in [1.807, 2.05) is 37.3 Å². The van der Waals surface area contributed by atoms with Crippen molar-refractivity contribution in [3.8, 4) is 0 Å². The van der Waals surface area contributed by atoms with Crippen molar-refractivity contribution < 1.29 is 14.3 Å². The Labute approximate surface area is 183 Å². The van der Waals surface area contributed by atoms with E-state index in [0.29, 0.717) is 30.3 Å². The van der Waals surface area contributed by atoms with Crippen LogP contribution in [0.5, 0.6) is 0 Å². The monoisotopic (exact) mass is 440 g/mol. The van der Waals surface area contributed by atoms with E-state index in [1.54, 1.807) is 11.8 Å². The minimum atomic E-state index is -0.495. The molecule has 31 heavy (non-hydrogen) atoms. The number of rotatable bonds is 5. The minimum absolute atomic E-state index is 0.0691. The first-order chi connectivity index (χ1) is 14.8. The van der Waals surface area contributed by atoms with Crippen molar-refractivity contribution in [3.05, 3.63) is 62.6 Å². The third kappa shape index (κ3) is 4.24. The zero-order valence-corrected chi connectivity index (χ0v) is 18.3. The summed E-state index contributed by atoms with van der Waals surface area (Å²) in [6.07, 6.45) is -0.243. The van der Waals surface area contributed by atoms with Crippen LogP contribution in [-0.4, -0.2) is 46.0 Å². The van der Waals surface area contributed by atoms with E-state index in [4.69, 9.17) is 10.5 Å². The maximum Gasteiger partial charge on any atom is 0.347 e. The van der Waals surface area contributed by atoms with E-state index in [-0.39, 0.29) is 24.6 Å². The third-order valence-electron chi connectivity index (χ3n) is 5.49. The van der Waals surface area contributed by atoms with Gasteiger partial charge in [-0.05, 0) is 31.4 Å². The summed E-state index contributed by atoms with van der Waals surface area (Å²) >= 11 is 1.34. The number of carbonyl (C=O) groups excluding carboxylic acids is 2. The number of hydrogen-bond donors (Lipinski definition) is 1. The fourth-order valence-electron chi connectivity index (χ4n) is 4.03. The van der Waals surface area contributed by atoms with Crippen molar-refractivity contribution in [3.63, 3.8) is 0 Å². The second-order valence-electron chi connectivity index (χ2n) is 7.63. The second-order valence-corrected chi connectivity index (χ2v) is 8.68. The lowest BCUT2D eigenvalue weighted by Crippen LogP contribution is -2.43. The summed E-state index contributed by atoms with van der Waals surface area (Å²) in [5, 5.41) is 0.925. The number of nitrogens with two attached hydrogens (primary N) is 1. The third-order valence-corrected chi connectivity index (χ3v) is 6.70. The Morgan fingerprint density at radius 2 is 2.06 bits per heavy atom. The number of nitrogens with zero attached hydrogens (tertiary/aromatic N) is 3. The summed E-state index contributed by atoms with van der Waals surface area (Å²) in [6.45, 7) is 5.03. The highest BCUT2D eigenvalue weighted by Gasteiger charge is 2.30. The molecule has 1 aliphatic rings. The van der Waals surface area contributed by atoms with Gasteiger partial charge in [-0.15, -0.1) is 11.3 Å². The standard InChI is InChI=1S/C22H24N4O4S/c1-13-11-14(2)26(22(29)24-13)8-7-18(27)25-9-10-30-16(12-25)19-15-5-3-4-6-17(15)31-20(19)21(23)28/h3-6,11,16H,7-10,12H2,1-2H3,(H2,23,28)/t16-/m0/s1. The molecule has 1 saturated heterocycles. The van der Waals surface area contributed by atoms with Gasteiger partial charge >= 0.3 is 5.69 Å². The van der Waals surface area contributed by atoms with Gasteiger partial charge in [0, 0.05) is 41.2 Å². The Balaban J connectivity index is 1.52. The zero-order chi connectivity index (χ0) is 22.1. The predicted molar refractivity (Wildman–Crippen MR) is 118 cm³/mol. The van der Waals surface area contributed by atoms with Crippen LogP contribution in [0, 0.1) is 13.8 Å². The van der Waals surface area contributed by atoms with Gasteiger partial charge in [-0.1, -0.05) is 18.2 Å². The molecule has 8 nitrogen and oxygen atoms in total. The molecule has 2 amide bonds. The largest absolute Gasteiger partial charge is 0.370 e. The summed E-state index contributed by atoms with van der Waals surface area (Å²) < 4.78 is 8.43. The number of thiophene rings is 1. The Morgan fingerprint density at radius 3 is 2.81 bits per heavy atom. The van der Waals surface area contributed by atoms with Crippen LogP contribution in [0.25, 0.3) is 10.1 Å². The fourth-order valence-corrected chi connectivity index (χ4v) is 5.14. The first kappa shape index (κ1) is 21.2. The van der Waals surface area contributed by atoms with Gasteiger partial charge in [0.1, 0.15) is 6.10 Å². The molecule has 2 aromatic heterocycles. The number of aromatic nitrogens is 2. The number of carbonyl (C=O) groups is 2. The molecule has 3 aromatic rings. The lowest BCUT2D eigenvalue weighted by molar-refractivity contribution is -0.139. The number of morpholine rings is 1. The maximum absolute atomic E-state index is 12.9. The van der Waals surface area contributed by atoms with Crippen molar-refractivity contribution in [2.45, 2.75) is 32.9 Å². The summed E-state index contributed by atoms with van der Waals surface area (Å²) in [5.74, 6) is -0.565. The van der Waals surface area contributed by atoms with Crippen LogP contribution in [0.3, 0.4) is 0 Å². The van der Waals surface area contributed by atoms with Crippen molar-refractivity contribution in [1.29, 1.82) is 0 Å². The first-order valence-electron chi connectivity index (χ1n) is 10.1. The van der Waals surface area contributed by atoms with Gasteiger partial charge in [-0.25, -0.2) is 4.79 Å². The first-order valence-corrected chi connectivity index (χ1v) is 10.9. The van der Waals surface area contributed by atoms with E-state index >= 15 is 0 Å². The maximum atomic E-state index is 12.9. The van der Waals surface area contributed by atoms with Crippen LogP contribution in [0.1, 0.15) is 39.1 Å². The molecule has 3 heterocycles. The van der Waals surface area contributed by atoms with E-state index < -0.39 is 12.0 Å². The molecule has 1 atom stereocenters. The lowest BCUT2D eigenvalue weighted by Gasteiger charge is -2.33. The van der Waals surface area contributed by atoms with Crippen LogP contribution in [0.2, 0.25) is 0 Å². The normalized spacial score (nSPS) is 16.6. The zero-order valence-electron chi connectivity index (χ0n) is 17.5. The number of aryl methyl sites for hydroxylation is 2. The number of ether oxygens (including phenoxy) is 1. The van der Waals surface area contributed by atoms with Crippen LogP contribution in [-0.2, 0) is 16.1 Å². The van der Waals surface area contributed by atoms with Crippen LogP contribution >= 0.6 is 11.3 Å². The van der Waals surface area contributed by atoms with Crippen molar-refractivity contribution in [2.75, 3.05) is 19.7 Å². The molecule has 0 bridgehead atoms. The van der Waals surface area contributed by atoms with E-state index in [1.165, 1.54) is 15.9 Å². The molecule has 9 heteroatoms. The average molecular weight is 441 g/mol. The second kappa shape index (κ2) is 8.60. The highest BCUT2D eigenvalue weighted by atomic mass is 32.1. The van der Waals surface area contributed by atoms with Crippen LogP contribution in [0.4, 0.5) is 0 Å². The Kier molecular flexibility index (Phi) is 5.88. The molecule has 1 aromatic carbocycles. The smallest absolute Gasteiger partial charge is 0.347 e. The molecular weight excluding hydrogens is 416 g/mol. The molecule has 2 N–H and O–H groups in total. The van der Waals surface area contributed by atoms with Crippen molar-refractivity contribution >= 4 is 33.2 Å². The highest BCUT2D eigenvalue weighted by molar-refractivity contribution is 7.21. The molecule has 4 rings (SSSR count). The topological polar surface area (TPSA) is 108 Å². The number of fused-ring (bicyclic) bond motifs is 1. The highest BCUT2D eigenvalue weighted by Crippen LogP contribution is 2.38. The van der Waals surface area contributed by atoms with Gasteiger partial charge in [-0.2, -0.15) is 4.98 Å². The number of primary amides is 1. The summed E-state index contributed by atoms with van der Waals surface area (Å²) in [6, 6.07) is 9.53. The Hall–Kier alpha value is -3.04. The van der Waals surface area contributed by atoms with Crippen LogP contribution in [0.15, 0.2) is 35.1 Å². The molecule has 162 valence electrons. The van der Waals surface area contributed by atoms with Crippen molar-refractivity contribution in [2.24, 2.45) is 5.73 Å². The number of amides is 2. The van der Waals surface area contributed by atoms with E-state index in [0.717, 1.165) is 21.3 Å². The van der Waals surface area contributed by atoms with Gasteiger partial charge < -0.3 is 15.4 Å². The molecule has 0 saturated carbocycles. The number of benzene rings is 1. The predicted octanol–water partition coefficient (Wildman–Crippen LogP) is 2.16. The van der Waals surface area contributed by atoms with Crippen LogP contribution < -0.4 is 11.4 Å². The van der Waals surface area contributed by atoms with Crippen molar-refractivity contribution in [1.82, 2.24) is 14.5 Å². The summed E-state index contributed by atoms with van der Waals surface area (Å²) in [4.78, 5) is 43.2. The van der Waals surface area contributed by atoms with E-state index in [2.05, 4.69) is 4.98 Å². The average Bonchev–Trinajstić information content (AvgIpc) is 3.13. The molecule has 0 spiro atoms. The SMILES string of the molecule is Cc1cc(C)n(CCC(=O)N2CCO[C@H](c3c(C(N)=O)sc4ccccc34)C2)c(=O)n1. The molecule has 0 aliphatic carbocycles. The van der Waals surface area contributed by atoms with Gasteiger partial charge in [0.15, 0.2) is 0 Å². The van der Waals surface area contributed by atoms with Gasteiger partial charge in [0.2, 0.25) is 5.91 Å². The number of hydrogen-bond acceptors (Lipinski definition) is 6. The Bertz CT molecular complexity index is 1220. The Morgan fingerprint density at radius 1 is 1.29 bits per heavy atom.